The number of carbonyl (C=O) groups is 1. The van der Waals surface area contributed by atoms with Gasteiger partial charge in [0.25, 0.3) is 0 Å². The maximum absolute atomic E-state index is 11.5. The second kappa shape index (κ2) is 11.9. The van der Waals surface area contributed by atoms with Crippen molar-refractivity contribution < 1.29 is 9.53 Å². The fourth-order valence-electron chi connectivity index (χ4n) is 3.60. The van der Waals surface area contributed by atoms with Crippen LogP contribution >= 0.6 is 0 Å². The van der Waals surface area contributed by atoms with Crippen LogP contribution in [0.4, 0.5) is 0 Å². The van der Waals surface area contributed by atoms with Crippen LogP contribution in [0.5, 0.6) is 5.75 Å². The number of nitrogens with zero attached hydrogens (tertiary/aromatic N) is 1. The van der Waals surface area contributed by atoms with Crippen LogP contribution in [0.2, 0.25) is 0 Å². The zero-order valence-corrected chi connectivity index (χ0v) is 19.2. The summed E-state index contributed by atoms with van der Waals surface area (Å²) >= 11 is 0. The van der Waals surface area contributed by atoms with Crippen molar-refractivity contribution in [1.29, 1.82) is 0 Å². The molecule has 0 aromatic heterocycles. The summed E-state index contributed by atoms with van der Waals surface area (Å²) in [7, 11) is 4.07. The molecule has 4 nitrogen and oxygen atoms in total. The van der Waals surface area contributed by atoms with E-state index in [1.54, 1.807) is 6.92 Å². The van der Waals surface area contributed by atoms with Gasteiger partial charge in [0.1, 0.15) is 12.4 Å². The fourth-order valence-corrected chi connectivity index (χ4v) is 3.60. The quantitative estimate of drug-likeness (QED) is 0.456. The van der Waals surface area contributed by atoms with E-state index >= 15 is 0 Å². The van der Waals surface area contributed by atoms with E-state index in [9.17, 15) is 4.79 Å². The molecular weight excluding hydrogens is 396 g/mol. The molecule has 32 heavy (non-hydrogen) atoms. The smallest absolute Gasteiger partial charge is 0.216 e. The predicted molar refractivity (Wildman–Crippen MR) is 133 cm³/mol. The van der Waals surface area contributed by atoms with Gasteiger partial charge in [0.05, 0.1) is 0 Å². The van der Waals surface area contributed by atoms with Gasteiger partial charge < -0.3 is 15.0 Å². The van der Waals surface area contributed by atoms with Gasteiger partial charge in [0.15, 0.2) is 0 Å². The first kappa shape index (κ1) is 23.3. The number of likely N-dealkylation sites (N-methyl/N-ethyl adjacent to an activating group) is 1. The molecule has 0 spiro atoms. The third kappa shape index (κ3) is 6.82. The standard InChI is InChI=1S/C28H32N2O2/c1-22(31)29-19-18-27(23-10-6-4-7-11-23)28(24-12-8-5-9-13-24)25-14-16-26(17-15-25)32-21-20-30(2)3/h4-17H,18-21H2,1-3H3,(H,29,31)/b28-27-. The molecule has 0 heterocycles. The molecule has 0 fully saturated rings. The molecule has 1 amide bonds. The molecule has 4 heteroatoms. The average Bonchev–Trinajstić information content (AvgIpc) is 2.80. The lowest BCUT2D eigenvalue weighted by atomic mass is 9.88. The topological polar surface area (TPSA) is 41.6 Å². The summed E-state index contributed by atoms with van der Waals surface area (Å²) in [5.41, 5.74) is 5.80. The number of hydrogen-bond acceptors (Lipinski definition) is 3. The van der Waals surface area contributed by atoms with Gasteiger partial charge in [0.2, 0.25) is 5.91 Å². The van der Waals surface area contributed by atoms with E-state index in [1.807, 2.05) is 38.4 Å². The number of amides is 1. The Morgan fingerprint density at radius 2 is 1.38 bits per heavy atom. The van der Waals surface area contributed by atoms with Crippen LogP contribution in [-0.4, -0.2) is 44.6 Å². The normalized spacial score (nSPS) is 11.8. The van der Waals surface area contributed by atoms with Crippen LogP contribution in [0.3, 0.4) is 0 Å². The minimum absolute atomic E-state index is 0.0158. The van der Waals surface area contributed by atoms with E-state index < -0.39 is 0 Å². The Balaban J connectivity index is 2.02. The largest absolute Gasteiger partial charge is 0.492 e. The maximum atomic E-state index is 11.5. The minimum Gasteiger partial charge on any atom is -0.492 e. The highest BCUT2D eigenvalue weighted by Crippen LogP contribution is 2.34. The van der Waals surface area contributed by atoms with Crippen LogP contribution < -0.4 is 10.1 Å². The molecule has 0 saturated heterocycles. The fraction of sp³-hybridized carbons (Fsp3) is 0.250. The van der Waals surface area contributed by atoms with Gasteiger partial charge in [-0.2, -0.15) is 0 Å². The summed E-state index contributed by atoms with van der Waals surface area (Å²) in [4.78, 5) is 13.6. The van der Waals surface area contributed by atoms with Crippen LogP contribution in [0.1, 0.15) is 30.0 Å². The minimum atomic E-state index is -0.0158. The van der Waals surface area contributed by atoms with Crippen molar-refractivity contribution in [2.24, 2.45) is 0 Å². The van der Waals surface area contributed by atoms with E-state index in [0.29, 0.717) is 13.2 Å². The van der Waals surface area contributed by atoms with Crippen LogP contribution in [0.25, 0.3) is 11.1 Å². The zero-order valence-electron chi connectivity index (χ0n) is 19.2. The van der Waals surface area contributed by atoms with Crippen LogP contribution in [0.15, 0.2) is 84.9 Å². The molecule has 0 aliphatic carbocycles. The van der Waals surface area contributed by atoms with Crippen molar-refractivity contribution in [3.05, 3.63) is 102 Å². The number of hydrogen-bond donors (Lipinski definition) is 1. The van der Waals surface area contributed by atoms with E-state index in [1.165, 1.54) is 11.1 Å². The summed E-state index contributed by atoms with van der Waals surface area (Å²) in [5, 5.41) is 2.95. The Hall–Kier alpha value is -3.37. The molecule has 0 aliphatic heterocycles. The number of ether oxygens (including phenoxy) is 1. The number of carbonyl (C=O) groups excluding carboxylic acids is 1. The molecule has 0 unspecified atom stereocenters. The third-order valence-corrected chi connectivity index (χ3v) is 5.19. The Labute approximate surface area is 191 Å². The number of rotatable bonds is 10. The Morgan fingerprint density at radius 1 is 0.812 bits per heavy atom. The highest BCUT2D eigenvalue weighted by atomic mass is 16.5. The van der Waals surface area contributed by atoms with Gasteiger partial charge in [-0.1, -0.05) is 72.8 Å². The van der Waals surface area contributed by atoms with Crippen molar-refractivity contribution in [2.75, 3.05) is 33.8 Å². The average molecular weight is 429 g/mol. The van der Waals surface area contributed by atoms with Crippen molar-refractivity contribution in [2.45, 2.75) is 13.3 Å². The Morgan fingerprint density at radius 3 is 1.94 bits per heavy atom. The van der Waals surface area contributed by atoms with Crippen molar-refractivity contribution in [3.8, 4) is 5.75 Å². The Bertz CT molecular complexity index is 1010. The van der Waals surface area contributed by atoms with Crippen LogP contribution in [0, 0.1) is 0 Å². The molecule has 0 saturated carbocycles. The summed E-state index contributed by atoms with van der Waals surface area (Å²) in [6, 6.07) is 29.1. The highest BCUT2D eigenvalue weighted by molar-refractivity contribution is 5.98. The summed E-state index contributed by atoms with van der Waals surface area (Å²) < 4.78 is 5.89. The summed E-state index contributed by atoms with van der Waals surface area (Å²) in [6.45, 7) is 3.67. The molecular formula is C28H32N2O2. The second-order valence-corrected chi connectivity index (χ2v) is 7.99. The summed E-state index contributed by atoms with van der Waals surface area (Å²) in [6.07, 6.45) is 0.731. The lowest BCUT2D eigenvalue weighted by molar-refractivity contribution is -0.118. The monoisotopic (exact) mass is 428 g/mol. The van der Waals surface area contributed by atoms with Crippen molar-refractivity contribution in [1.82, 2.24) is 10.2 Å². The van der Waals surface area contributed by atoms with Gasteiger partial charge in [-0.3, -0.25) is 4.79 Å². The van der Waals surface area contributed by atoms with Gasteiger partial charge in [-0.25, -0.2) is 0 Å². The molecule has 0 aliphatic rings. The lowest BCUT2D eigenvalue weighted by Crippen LogP contribution is -2.21. The number of benzene rings is 3. The van der Waals surface area contributed by atoms with E-state index in [0.717, 1.165) is 35.4 Å². The molecule has 0 bridgehead atoms. The molecule has 3 aromatic rings. The third-order valence-electron chi connectivity index (χ3n) is 5.19. The van der Waals surface area contributed by atoms with Crippen molar-refractivity contribution in [3.63, 3.8) is 0 Å². The predicted octanol–water partition coefficient (Wildman–Crippen LogP) is 5.11. The molecule has 0 radical (unpaired) electrons. The first-order valence-electron chi connectivity index (χ1n) is 11.0. The first-order chi connectivity index (χ1) is 15.5. The van der Waals surface area contributed by atoms with Gasteiger partial charge in [0, 0.05) is 20.0 Å². The highest BCUT2D eigenvalue weighted by Gasteiger charge is 2.14. The maximum Gasteiger partial charge on any atom is 0.216 e. The summed E-state index contributed by atoms with van der Waals surface area (Å²) in [5.74, 6) is 0.848. The Kier molecular flexibility index (Phi) is 8.64. The molecule has 1 N–H and O–H groups in total. The molecule has 166 valence electrons. The molecule has 3 aromatic carbocycles. The van der Waals surface area contributed by atoms with Gasteiger partial charge in [-0.15, -0.1) is 0 Å². The second-order valence-electron chi connectivity index (χ2n) is 7.99. The van der Waals surface area contributed by atoms with E-state index in [4.69, 9.17) is 4.74 Å². The number of nitrogens with one attached hydrogen (secondary N) is 1. The van der Waals surface area contributed by atoms with Crippen LogP contribution in [-0.2, 0) is 4.79 Å². The van der Waals surface area contributed by atoms with Crippen molar-refractivity contribution >= 4 is 17.1 Å². The lowest BCUT2D eigenvalue weighted by Gasteiger charge is -2.18. The molecule has 0 atom stereocenters. The molecule has 3 rings (SSSR count). The zero-order chi connectivity index (χ0) is 22.8. The van der Waals surface area contributed by atoms with Gasteiger partial charge in [-0.05, 0) is 60.5 Å². The van der Waals surface area contributed by atoms with E-state index in [2.05, 4.69) is 70.9 Å². The van der Waals surface area contributed by atoms with E-state index in [-0.39, 0.29) is 5.91 Å². The first-order valence-corrected chi connectivity index (χ1v) is 11.0. The SMILES string of the molecule is CC(=O)NCC/C(=C(\c1ccccc1)c1ccc(OCCN(C)C)cc1)c1ccccc1. The van der Waals surface area contributed by atoms with Gasteiger partial charge >= 0.3 is 0 Å².